The first-order valence-electron chi connectivity index (χ1n) is 13.8. The van der Waals surface area contributed by atoms with Gasteiger partial charge in [0.05, 0.1) is 30.9 Å². The Kier molecular flexibility index (Phi) is 8.57. The van der Waals surface area contributed by atoms with Crippen LogP contribution in [-0.2, 0) is 4.79 Å². The number of nitriles is 1. The number of benzene rings is 3. The van der Waals surface area contributed by atoms with Crippen molar-refractivity contribution in [3.8, 4) is 23.3 Å². The van der Waals surface area contributed by atoms with Gasteiger partial charge in [-0.1, -0.05) is 36.4 Å². The van der Waals surface area contributed by atoms with Gasteiger partial charge in [0, 0.05) is 18.5 Å². The number of hydrogen-bond donors (Lipinski definition) is 0. The number of methoxy groups -OCH3 is 1. The van der Waals surface area contributed by atoms with Crippen LogP contribution >= 0.6 is 0 Å². The van der Waals surface area contributed by atoms with Crippen molar-refractivity contribution in [2.75, 3.05) is 20.2 Å². The minimum Gasteiger partial charge on any atom is -0.493 e. The summed E-state index contributed by atoms with van der Waals surface area (Å²) in [6, 6.07) is 17.8. The molecule has 0 aliphatic carbocycles. The highest BCUT2D eigenvalue weighted by molar-refractivity contribution is 6.00. The first-order valence-corrected chi connectivity index (χ1v) is 13.8. The van der Waals surface area contributed by atoms with Crippen molar-refractivity contribution in [1.29, 1.82) is 5.26 Å². The molecular formula is C32H27F2N3O7. The first-order chi connectivity index (χ1) is 21.1. The van der Waals surface area contributed by atoms with Crippen LogP contribution in [0.1, 0.15) is 50.3 Å². The number of rotatable bonds is 7. The predicted molar refractivity (Wildman–Crippen MR) is 151 cm³/mol. The molecule has 2 atom stereocenters. The van der Waals surface area contributed by atoms with Crippen LogP contribution in [0.2, 0.25) is 0 Å². The molecule has 44 heavy (non-hydrogen) atoms. The molecule has 3 aromatic carbocycles. The average Bonchev–Trinajstić information content (AvgIpc) is 3.65. The van der Waals surface area contributed by atoms with Gasteiger partial charge in [-0.15, -0.1) is 0 Å². The molecule has 2 aliphatic rings. The monoisotopic (exact) mass is 603 g/mol. The van der Waals surface area contributed by atoms with Gasteiger partial charge in [0.25, 0.3) is 11.8 Å². The van der Waals surface area contributed by atoms with Gasteiger partial charge >= 0.3 is 11.9 Å². The van der Waals surface area contributed by atoms with Crippen LogP contribution in [0.3, 0.4) is 0 Å². The fourth-order valence-electron chi connectivity index (χ4n) is 5.26. The maximum Gasteiger partial charge on any atom is 0.343 e. The number of alkyl halides is 2. The minimum absolute atomic E-state index is 0.144. The van der Waals surface area contributed by atoms with Crippen LogP contribution in [0.15, 0.2) is 72.8 Å². The summed E-state index contributed by atoms with van der Waals surface area (Å²) in [7, 11) is 1.22. The second-order valence-corrected chi connectivity index (χ2v) is 10.3. The van der Waals surface area contributed by atoms with E-state index in [0.29, 0.717) is 12.8 Å². The maximum absolute atomic E-state index is 14.7. The summed E-state index contributed by atoms with van der Waals surface area (Å²) < 4.78 is 45.9. The molecule has 12 heteroatoms. The van der Waals surface area contributed by atoms with Crippen molar-refractivity contribution in [2.45, 2.75) is 37.3 Å². The Bertz CT molecular complexity index is 1630. The van der Waals surface area contributed by atoms with Crippen molar-refractivity contribution < 1.29 is 42.2 Å². The van der Waals surface area contributed by atoms with E-state index in [4.69, 9.17) is 14.2 Å². The van der Waals surface area contributed by atoms with E-state index >= 15 is 0 Å². The number of nitrogens with zero attached hydrogens (tertiary/aromatic N) is 3. The van der Waals surface area contributed by atoms with Crippen LogP contribution in [0.5, 0.6) is 17.2 Å². The molecule has 2 heterocycles. The van der Waals surface area contributed by atoms with Crippen LogP contribution in [0.4, 0.5) is 8.78 Å². The molecule has 0 radical (unpaired) electrons. The molecule has 0 saturated carbocycles. The van der Waals surface area contributed by atoms with Gasteiger partial charge < -0.3 is 24.0 Å². The van der Waals surface area contributed by atoms with Gasteiger partial charge in [-0.25, -0.2) is 18.4 Å². The van der Waals surface area contributed by atoms with Crippen LogP contribution in [0, 0.1) is 11.3 Å². The molecule has 226 valence electrons. The Morgan fingerprint density at radius 2 is 1.45 bits per heavy atom. The van der Waals surface area contributed by atoms with Crippen LogP contribution in [-0.4, -0.2) is 71.8 Å². The Morgan fingerprint density at radius 3 is 2.05 bits per heavy atom. The molecular weight excluding hydrogens is 576 g/mol. The highest BCUT2D eigenvalue weighted by atomic mass is 19.3. The lowest BCUT2D eigenvalue weighted by Crippen LogP contribution is -2.49. The maximum atomic E-state index is 14.7. The Morgan fingerprint density at radius 1 is 0.864 bits per heavy atom. The molecule has 5 rings (SSSR count). The zero-order chi connectivity index (χ0) is 31.4. The topological polar surface area (TPSA) is 126 Å². The third-order valence-electron chi connectivity index (χ3n) is 7.40. The molecule has 2 aliphatic heterocycles. The van der Waals surface area contributed by atoms with E-state index in [-0.39, 0.29) is 40.5 Å². The predicted octanol–water partition coefficient (Wildman–Crippen LogP) is 4.50. The summed E-state index contributed by atoms with van der Waals surface area (Å²) >= 11 is 0. The molecule has 2 fully saturated rings. The second kappa shape index (κ2) is 12.5. The second-order valence-electron chi connectivity index (χ2n) is 10.3. The molecule has 3 aromatic rings. The fourth-order valence-corrected chi connectivity index (χ4v) is 5.26. The number of carbonyl (C=O) groups excluding carboxylic acids is 4. The fraction of sp³-hybridized carbons (Fsp3) is 0.281. The van der Waals surface area contributed by atoms with E-state index in [1.807, 2.05) is 6.07 Å². The lowest BCUT2D eigenvalue weighted by molar-refractivity contribution is -0.135. The Hall–Kier alpha value is -5.31. The van der Waals surface area contributed by atoms with Gasteiger partial charge in [0.15, 0.2) is 11.5 Å². The Balaban J connectivity index is 1.53. The van der Waals surface area contributed by atoms with Gasteiger partial charge in [-0.3, -0.25) is 9.59 Å². The van der Waals surface area contributed by atoms with Gasteiger partial charge in [-0.2, -0.15) is 5.26 Å². The van der Waals surface area contributed by atoms with Gasteiger partial charge in [0.2, 0.25) is 11.7 Å². The third-order valence-corrected chi connectivity index (χ3v) is 7.40. The summed E-state index contributed by atoms with van der Waals surface area (Å²) in [5.41, 5.74) is 0.0605. The summed E-state index contributed by atoms with van der Waals surface area (Å²) in [6.07, 6.45) is 0.0410. The van der Waals surface area contributed by atoms with Gasteiger partial charge in [0.1, 0.15) is 12.1 Å². The Labute approximate surface area is 251 Å². The summed E-state index contributed by atoms with van der Waals surface area (Å²) in [5.74, 6) is -7.65. The van der Waals surface area contributed by atoms with E-state index in [0.717, 1.165) is 17.0 Å². The molecule has 0 bridgehead atoms. The summed E-state index contributed by atoms with van der Waals surface area (Å²) in [6.45, 7) is -0.824. The quantitative estimate of drug-likeness (QED) is 0.286. The lowest BCUT2D eigenvalue weighted by atomic mass is 10.1. The third kappa shape index (κ3) is 6.22. The molecule has 0 unspecified atom stereocenters. The number of hydrogen-bond acceptors (Lipinski definition) is 8. The zero-order valence-electron chi connectivity index (χ0n) is 23.6. The smallest absolute Gasteiger partial charge is 0.343 e. The summed E-state index contributed by atoms with van der Waals surface area (Å²) in [4.78, 5) is 55.1. The normalized spacial score (nSPS) is 18.8. The van der Waals surface area contributed by atoms with E-state index < -0.39 is 54.7 Å². The standard InChI is InChI=1S/C32H27F2N3O7/c1-42-25-15-22(28(38)37-19-32(33,34)17-24(37)29(39)36-14-8-13-23(36)18-35)16-26(43-30(40)20-9-4-2-5-10-20)27(25)44-31(41)21-11-6-3-7-12-21/h2-7,9-12,15-16,23-24H,8,13-14,17,19H2,1H3/t23-,24-/m0/s1. The van der Waals surface area contributed by atoms with Crippen LogP contribution < -0.4 is 14.2 Å². The van der Waals surface area contributed by atoms with Crippen molar-refractivity contribution in [1.82, 2.24) is 9.80 Å². The van der Waals surface area contributed by atoms with Crippen molar-refractivity contribution in [3.05, 3.63) is 89.5 Å². The number of esters is 2. The molecule has 0 N–H and O–H groups in total. The highest BCUT2D eigenvalue weighted by Crippen LogP contribution is 2.42. The number of amides is 2. The van der Waals surface area contributed by atoms with Crippen molar-refractivity contribution in [3.63, 3.8) is 0 Å². The van der Waals surface area contributed by atoms with E-state index in [1.165, 1.54) is 36.3 Å². The van der Waals surface area contributed by atoms with Gasteiger partial charge in [-0.05, 0) is 49.2 Å². The average molecular weight is 604 g/mol. The highest BCUT2D eigenvalue weighted by Gasteiger charge is 2.52. The summed E-state index contributed by atoms with van der Waals surface area (Å²) in [5, 5.41) is 9.42. The molecule has 0 aromatic heterocycles. The van der Waals surface area contributed by atoms with E-state index in [1.54, 1.807) is 36.4 Å². The molecule has 2 amide bonds. The molecule has 2 saturated heterocycles. The number of halogens is 2. The number of likely N-dealkylation sites (tertiary alicyclic amines) is 2. The van der Waals surface area contributed by atoms with Crippen LogP contribution in [0.25, 0.3) is 0 Å². The molecule has 10 nitrogen and oxygen atoms in total. The minimum atomic E-state index is -3.37. The zero-order valence-corrected chi connectivity index (χ0v) is 23.6. The largest absolute Gasteiger partial charge is 0.493 e. The lowest BCUT2D eigenvalue weighted by Gasteiger charge is -2.29. The molecule has 0 spiro atoms. The van der Waals surface area contributed by atoms with Crippen molar-refractivity contribution in [2.24, 2.45) is 0 Å². The first kappa shape index (κ1) is 30.2. The number of ether oxygens (including phenoxy) is 3. The van der Waals surface area contributed by atoms with E-state index in [9.17, 15) is 33.2 Å². The van der Waals surface area contributed by atoms with Crippen molar-refractivity contribution >= 4 is 23.8 Å². The number of carbonyl (C=O) groups is 4. The SMILES string of the molecule is COc1cc(C(=O)N2CC(F)(F)C[C@H]2C(=O)N2CCC[C@H]2C#N)cc(OC(=O)c2ccccc2)c1OC(=O)c1ccccc1. The van der Waals surface area contributed by atoms with E-state index in [2.05, 4.69) is 0 Å².